The third kappa shape index (κ3) is 3.35. The maximum absolute atomic E-state index is 9.82. The first kappa shape index (κ1) is 13.1. The number of hydrogen-bond donors (Lipinski definition) is 1. The average molecular weight is 261 g/mol. The van der Waals surface area contributed by atoms with Gasteiger partial charge < -0.3 is 9.84 Å². The van der Waals surface area contributed by atoms with Crippen LogP contribution in [0.2, 0.25) is 0 Å². The van der Waals surface area contributed by atoms with Crippen LogP contribution in [0.1, 0.15) is 24.8 Å². The van der Waals surface area contributed by atoms with Gasteiger partial charge in [0.25, 0.3) is 0 Å². The van der Waals surface area contributed by atoms with Gasteiger partial charge in [-0.05, 0) is 31.4 Å². The SMILES string of the molecule is OC[C@@]1(C[C@@H]2CO2)CCCN(Cc2ccccc2)C1. The maximum Gasteiger partial charge on any atom is 0.0816 e. The van der Waals surface area contributed by atoms with Gasteiger partial charge in [0.1, 0.15) is 0 Å². The van der Waals surface area contributed by atoms with E-state index < -0.39 is 0 Å². The molecule has 1 aromatic rings. The Hall–Kier alpha value is -0.900. The molecular weight excluding hydrogens is 238 g/mol. The van der Waals surface area contributed by atoms with Crippen LogP contribution in [0, 0.1) is 5.41 Å². The molecule has 1 N–H and O–H groups in total. The number of likely N-dealkylation sites (tertiary alicyclic amines) is 1. The fourth-order valence-corrected chi connectivity index (χ4v) is 3.32. The number of piperidine rings is 1. The third-order valence-electron chi connectivity index (χ3n) is 4.39. The molecule has 2 heterocycles. The van der Waals surface area contributed by atoms with E-state index in [-0.39, 0.29) is 12.0 Å². The van der Waals surface area contributed by atoms with Gasteiger partial charge in [0, 0.05) is 18.5 Å². The van der Waals surface area contributed by atoms with Crippen molar-refractivity contribution in [1.29, 1.82) is 0 Å². The molecular formula is C16H23NO2. The van der Waals surface area contributed by atoms with Crippen LogP contribution >= 0.6 is 0 Å². The topological polar surface area (TPSA) is 36.0 Å². The lowest BCUT2D eigenvalue weighted by molar-refractivity contribution is 0.0168. The molecule has 104 valence electrons. The Balaban J connectivity index is 1.63. The van der Waals surface area contributed by atoms with Crippen LogP contribution in [0.3, 0.4) is 0 Å². The molecule has 3 rings (SSSR count). The Bertz CT molecular complexity index is 404. The predicted molar refractivity (Wildman–Crippen MR) is 74.8 cm³/mol. The van der Waals surface area contributed by atoms with Gasteiger partial charge in [-0.1, -0.05) is 30.3 Å². The van der Waals surface area contributed by atoms with Gasteiger partial charge >= 0.3 is 0 Å². The summed E-state index contributed by atoms with van der Waals surface area (Å²) in [5.41, 5.74) is 1.42. The van der Waals surface area contributed by atoms with Crippen molar-refractivity contribution in [3.05, 3.63) is 35.9 Å². The van der Waals surface area contributed by atoms with E-state index in [1.165, 1.54) is 12.0 Å². The van der Waals surface area contributed by atoms with E-state index in [2.05, 4.69) is 35.2 Å². The first-order valence-corrected chi connectivity index (χ1v) is 7.28. The fraction of sp³-hybridized carbons (Fsp3) is 0.625. The molecule has 19 heavy (non-hydrogen) atoms. The van der Waals surface area contributed by atoms with E-state index in [1.807, 2.05) is 0 Å². The summed E-state index contributed by atoms with van der Waals surface area (Å²) < 4.78 is 5.36. The van der Waals surface area contributed by atoms with Crippen LogP contribution in [0.25, 0.3) is 0 Å². The van der Waals surface area contributed by atoms with Gasteiger partial charge in [0.15, 0.2) is 0 Å². The molecule has 2 aliphatic rings. The number of rotatable bonds is 5. The second-order valence-electron chi connectivity index (χ2n) is 6.12. The molecule has 2 saturated heterocycles. The second kappa shape index (κ2) is 5.61. The van der Waals surface area contributed by atoms with E-state index in [1.54, 1.807) is 0 Å². The summed E-state index contributed by atoms with van der Waals surface area (Å²) in [6, 6.07) is 10.6. The number of benzene rings is 1. The summed E-state index contributed by atoms with van der Waals surface area (Å²) in [7, 11) is 0. The van der Waals surface area contributed by atoms with E-state index in [0.29, 0.717) is 6.10 Å². The molecule has 3 nitrogen and oxygen atoms in total. The van der Waals surface area contributed by atoms with Crippen molar-refractivity contribution in [3.63, 3.8) is 0 Å². The summed E-state index contributed by atoms with van der Waals surface area (Å²) in [5, 5.41) is 9.82. The number of ether oxygens (including phenoxy) is 1. The predicted octanol–water partition coefficient (Wildman–Crippen LogP) is 2.05. The van der Waals surface area contributed by atoms with Crippen LogP contribution in [0.15, 0.2) is 30.3 Å². The monoisotopic (exact) mass is 261 g/mol. The van der Waals surface area contributed by atoms with Crippen molar-refractivity contribution < 1.29 is 9.84 Å². The Morgan fingerprint density at radius 1 is 1.32 bits per heavy atom. The molecule has 0 bridgehead atoms. The zero-order valence-electron chi connectivity index (χ0n) is 11.4. The molecule has 0 aliphatic carbocycles. The van der Waals surface area contributed by atoms with E-state index in [0.717, 1.165) is 39.1 Å². The number of aliphatic hydroxyl groups is 1. The Kier molecular flexibility index (Phi) is 3.87. The number of epoxide rings is 1. The van der Waals surface area contributed by atoms with Crippen LogP contribution in [-0.4, -0.2) is 42.4 Å². The second-order valence-corrected chi connectivity index (χ2v) is 6.12. The van der Waals surface area contributed by atoms with Gasteiger partial charge in [-0.15, -0.1) is 0 Å². The van der Waals surface area contributed by atoms with E-state index in [4.69, 9.17) is 4.74 Å². The normalized spacial score (nSPS) is 31.3. The molecule has 0 unspecified atom stereocenters. The third-order valence-corrected chi connectivity index (χ3v) is 4.39. The van der Waals surface area contributed by atoms with Crippen molar-refractivity contribution in [2.75, 3.05) is 26.3 Å². The lowest BCUT2D eigenvalue weighted by Gasteiger charge is -2.41. The zero-order valence-corrected chi connectivity index (χ0v) is 11.4. The minimum absolute atomic E-state index is 0.0637. The van der Waals surface area contributed by atoms with Crippen molar-refractivity contribution in [2.45, 2.75) is 31.9 Å². The highest BCUT2D eigenvalue weighted by Gasteiger charge is 2.40. The highest BCUT2D eigenvalue weighted by atomic mass is 16.6. The standard InChI is InChI=1S/C16H23NO2/c18-13-16(9-15-11-19-15)7-4-8-17(12-16)10-14-5-2-1-3-6-14/h1-3,5-6,15,18H,4,7-13H2/t15-,16-/m1/s1. The molecule has 2 atom stereocenters. The smallest absolute Gasteiger partial charge is 0.0816 e. The quantitative estimate of drug-likeness (QED) is 0.824. The van der Waals surface area contributed by atoms with Crippen molar-refractivity contribution in [1.82, 2.24) is 4.90 Å². The minimum Gasteiger partial charge on any atom is -0.396 e. The lowest BCUT2D eigenvalue weighted by Crippen LogP contribution is -2.45. The molecule has 1 aromatic carbocycles. The van der Waals surface area contributed by atoms with Gasteiger partial charge in [0.05, 0.1) is 19.3 Å². The lowest BCUT2D eigenvalue weighted by atomic mass is 9.77. The van der Waals surface area contributed by atoms with E-state index in [9.17, 15) is 5.11 Å². The summed E-state index contributed by atoms with van der Waals surface area (Å²) in [6.07, 6.45) is 3.74. The largest absolute Gasteiger partial charge is 0.396 e. The molecule has 0 amide bonds. The van der Waals surface area contributed by atoms with Crippen molar-refractivity contribution >= 4 is 0 Å². The highest BCUT2D eigenvalue weighted by molar-refractivity contribution is 5.14. The summed E-state index contributed by atoms with van der Waals surface area (Å²) in [5.74, 6) is 0. The highest BCUT2D eigenvalue weighted by Crippen LogP contribution is 2.38. The zero-order chi connectivity index (χ0) is 13.1. The number of aliphatic hydroxyl groups excluding tert-OH is 1. The molecule has 3 heteroatoms. The first-order valence-electron chi connectivity index (χ1n) is 7.28. The first-order chi connectivity index (χ1) is 9.30. The van der Waals surface area contributed by atoms with Crippen molar-refractivity contribution in [2.24, 2.45) is 5.41 Å². The molecule has 0 radical (unpaired) electrons. The van der Waals surface area contributed by atoms with Crippen LogP contribution in [-0.2, 0) is 11.3 Å². The van der Waals surface area contributed by atoms with Crippen LogP contribution in [0.4, 0.5) is 0 Å². The Morgan fingerprint density at radius 3 is 2.79 bits per heavy atom. The average Bonchev–Trinajstić information content (AvgIpc) is 3.24. The fourth-order valence-electron chi connectivity index (χ4n) is 3.32. The van der Waals surface area contributed by atoms with Crippen molar-refractivity contribution in [3.8, 4) is 0 Å². The molecule has 2 fully saturated rings. The maximum atomic E-state index is 9.82. The Morgan fingerprint density at radius 2 is 2.11 bits per heavy atom. The van der Waals surface area contributed by atoms with Gasteiger partial charge in [-0.2, -0.15) is 0 Å². The van der Waals surface area contributed by atoms with Crippen LogP contribution < -0.4 is 0 Å². The molecule has 0 saturated carbocycles. The van der Waals surface area contributed by atoms with E-state index >= 15 is 0 Å². The summed E-state index contributed by atoms with van der Waals surface area (Å²) >= 11 is 0. The summed E-state index contributed by atoms with van der Waals surface area (Å²) in [4.78, 5) is 2.48. The minimum atomic E-state index is 0.0637. The van der Waals surface area contributed by atoms with Crippen LogP contribution in [0.5, 0.6) is 0 Å². The Labute approximate surface area is 115 Å². The number of nitrogens with zero attached hydrogens (tertiary/aromatic N) is 1. The van der Waals surface area contributed by atoms with Gasteiger partial charge in [-0.25, -0.2) is 0 Å². The molecule has 0 spiro atoms. The summed E-state index contributed by atoms with van der Waals surface area (Å²) in [6.45, 7) is 4.31. The number of hydrogen-bond acceptors (Lipinski definition) is 3. The molecule has 2 aliphatic heterocycles. The molecule has 0 aromatic heterocycles. The van der Waals surface area contributed by atoms with Gasteiger partial charge in [0.2, 0.25) is 0 Å². The van der Waals surface area contributed by atoms with Gasteiger partial charge in [-0.3, -0.25) is 4.90 Å².